The molecule has 0 radical (unpaired) electrons. The summed E-state index contributed by atoms with van der Waals surface area (Å²) in [4.78, 5) is 4.96. The molecule has 0 bridgehead atoms. The first kappa shape index (κ1) is 12.6. The summed E-state index contributed by atoms with van der Waals surface area (Å²) in [5.74, 6) is 0. The van der Waals surface area contributed by atoms with E-state index in [1.807, 2.05) is 11.8 Å². The maximum absolute atomic E-state index is 6.00. The molecule has 19 heavy (non-hydrogen) atoms. The van der Waals surface area contributed by atoms with Crippen LogP contribution in [0.3, 0.4) is 0 Å². The summed E-state index contributed by atoms with van der Waals surface area (Å²) in [6.07, 6.45) is 0. The number of hydrogen-bond donors (Lipinski definition) is 1. The maximum atomic E-state index is 6.00. The number of anilines is 2. The number of nitrogens with two attached hydrogens (primary N) is 1. The number of hydrogen-bond acceptors (Lipinski definition) is 3. The summed E-state index contributed by atoms with van der Waals surface area (Å²) < 4.78 is 0. The van der Waals surface area contributed by atoms with Gasteiger partial charge >= 0.3 is 0 Å². The van der Waals surface area contributed by atoms with E-state index < -0.39 is 0 Å². The van der Waals surface area contributed by atoms with Crippen LogP contribution >= 0.6 is 11.8 Å². The van der Waals surface area contributed by atoms with E-state index in [9.17, 15) is 0 Å². The second-order valence-electron chi connectivity index (χ2n) is 5.39. The molecule has 0 spiro atoms. The highest BCUT2D eigenvalue weighted by Crippen LogP contribution is 2.50. The van der Waals surface area contributed by atoms with Crippen LogP contribution in [0, 0.1) is 0 Å². The molecule has 1 aliphatic heterocycles. The minimum Gasteiger partial charge on any atom is -0.333 e. The Morgan fingerprint density at radius 1 is 0.947 bits per heavy atom. The van der Waals surface area contributed by atoms with E-state index in [1.165, 1.54) is 21.2 Å². The molecular formula is C16H18N2S. The normalized spacial score (nSPS) is 13.9. The van der Waals surface area contributed by atoms with E-state index in [1.54, 1.807) is 0 Å². The van der Waals surface area contributed by atoms with Crippen molar-refractivity contribution in [2.24, 2.45) is 5.73 Å². The van der Waals surface area contributed by atoms with E-state index in [-0.39, 0.29) is 5.54 Å². The molecule has 0 aromatic heterocycles. The minimum absolute atomic E-state index is 0.104. The van der Waals surface area contributed by atoms with Crippen LogP contribution in [0.2, 0.25) is 0 Å². The van der Waals surface area contributed by atoms with E-state index >= 15 is 0 Å². The highest BCUT2D eigenvalue weighted by molar-refractivity contribution is 7.99. The lowest BCUT2D eigenvalue weighted by molar-refractivity contribution is 0.511. The van der Waals surface area contributed by atoms with Gasteiger partial charge in [-0.2, -0.15) is 0 Å². The van der Waals surface area contributed by atoms with Crippen molar-refractivity contribution in [3.8, 4) is 0 Å². The van der Waals surface area contributed by atoms with Crippen molar-refractivity contribution in [2.75, 3.05) is 11.4 Å². The molecule has 0 aliphatic carbocycles. The van der Waals surface area contributed by atoms with Crippen LogP contribution in [-0.2, 0) is 0 Å². The zero-order valence-electron chi connectivity index (χ0n) is 11.3. The lowest BCUT2D eigenvalue weighted by atomic mass is 10.00. The Balaban J connectivity index is 2.22. The number of benzene rings is 2. The number of fused-ring (bicyclic) bond motifs is 2. The Morgan fingerprint density at radius 2 is 1.42 bits per heavy atom. The molecule has 98 valence electrons. The van der Waals surface area contributed by atoms with Crippen LogP contribution in [0.25, 0.3) is 0 Å². The number of nitrogens with zero attached hydrogens (tertiary/aromatic N) is 1. The average Bonchev–Trinajstić information content (AvgIpc) is 2.44. The Kier molecular flexibility index (Phi) is 3.03. The zero-order chi connectivity index (χ0) is 13.5. The summed E-state index contributed by atoms with van der Waals surface area (Å²) in [7, 11) is 0. The van der Waals surface area contributed by atoms with Crippen molar-refractivity contribution in [3.05, 3.63) is 48.5 Å². The molecule has 1 heterocycles. The Labute approximate surface area is 118 Å². The molecule has 0 atom stereocenters. The van der Waals surface area contributed by atoms with Gasteiger partial charge in [0.25, 0.3) is 0 Å². The standard InChI is InChI=1S/C16H18N2S/c1-16(2,11-17)18-12-7-3-5-9-14(12)19-15-10-6-4-8-13(15)18/h3-10H,11,17H2,1-2H3. The third kappa shape index (κ3) is 2.03. The molecule has 3 rings (SSSR count). The molecule has 0 saturated carbocycles. The first-order valence-corrected chi connectivity index (χ1v) is 7.31. The van der Waals surface area contributed by atoms with Crippen molar-refractivity contribution in [2.45, 2.75) is 29.2 Å². The van der Waals surface area contributed by atoms with Crippen LogP contribution < -0.4 is 10.6 Å². The van der Waals surface area contributed by atoms with Gasteiger partial charge in [-0.15, -0.1) is 0 Å². The molecule has 2 N–H and O–H groups in total. The van der Waals surface area contributed by atoms with Gasteiger partial charge in [-0.25, -0.2) is 0 Å². The van der Waals surface area contributed by atoms with Gasteiger partial charge in [0, 0.05) is 16.3 Å². The van der Waals surface area contributed by atoms with Gasteiger partial charge in [0.05, 0.1) is 16.9 Å². The van der Waals surface area contributed by atoms with Gasteiger partial charge in [-0.3, -0.25) is 0 Å². The van der Waals surface area contributed by atoms with Crippen LogP contribution in [-0.4, -0.2) is 12.1 Å². The van der Waals surface area contributed by atoms with Crippen molar-refractivity contribution in [1.82, 2.24) is 0 Å². The summed E-state index contributed by atoms with van der Waals surface area (Å²) in [5, 5.41) is 0. The van der Waals surface area contributed by atoms with Crippen LogP contribution in [0.15, 0.2) is 58.3 Å². The number of para-hydroxylation sites is 2. The third-order valence-corrected chi connectivity index (χ3v) is 4.67. The molecule has 2 nitrogen and oxygen atoms in total. The molecule has 0 saturated heterocycles. The molecule has 3 heteroatoms. The summed E-state index contributed by atoms with van der Waals surface area (Å²) in [6.45, 7) is 4.99. The van der Waals surface area contributed by atoms with Gasteiger partial charge in [-0.05, 0) is 38.1 Å². The van der Waals surface area contributed by atoms with Gasteiger partial charge in [0.1, 0.15) is 0 Å². The van der Waals surface area contributed by atoms with Crippen molar-refractivity contribution in [1.29, 1.82) is 0 Å². The monoisotopic (exact) mass is 270 g/mol. The maximum Gasteiger partial charge on any atom is 0.0558 e. The molecule has 2 aromatic rings. The topological polar surface area (TPSA) is 29.3 Å². The van der Waals surface area contributed by atoms with Crippen molar-refractivity contribution >= 4 is 23.1 Å². The fourth-order valence-electron chi connectivity index (χ4n) is 2.45. The smallest absolute Gasteiger partial charge is 0.0558 e. The van der Waals surface area contributed by atoms with Gasteiger partial charge < -0.3 is 10.6 Å². The fraction of sp³-hybridized carbons (Fsp3) is 0.250. The van der Waals surface area contributed by atoms with Crippen LogP contribution in [0.1, 0.15) is 13.8 Å². The molecule has 0 unspecified atom stereocenters. The van der Waals surface area contributed by atoms with Crippen molar-refractivity contribution < 1.29 is 0 Å². The Morgan fingerprint density at radius 3 is 1.89 bits per heavy atom. The predicted molar refractivity (Wildman–Crippen MR) is 82.3 cm³/mol. The third-order valence-electron chi connectivity index (χ3n) is 3.54. The van der Waals surface area contributed by atoms with E-state index in [0.717, 1.165) is 0 Å². The molecular weight excluding hydrogens is 252 g/mol. The van der Waals surface area contributed by atoms with Crippen molar-refractivity contribution in [3.63, 3.8) is 0 Å². The van der Waals surface area contributed by atoms with E-state index in [0.29, 0.717) is 6.54 Å². The minimum atomic E-state index is -0.104. The van der Waals surface area contributed by atoms with E-state index in [2.05, 4.69) is 67.3 Å². The largest absolute Gasteiger partial charge is 0.333 e. The quantitative estimate of drug-likeness (QED) is 0.893. The Hall–Kier alpha value is -1.45. The van der Waals surface area contributed by atoms with Crippen LogP contribution in [0.5, 0.6) is 0 Å². The number of rotatable bonds is 2. The van der Waals surface area contributed by atoms with E-state index in [4.69, 9.17) is 5.73 Å². The second-order valence-corrected chi connectivity index (χ2v) is 6.47. The molecule has 0 fully saturated rings. The lowest BCUT2D eigenvalue weighted by Gasteiger charge is -2.43. The molecule has 1 aliphatic rings. The lowest BCUT2D eigenvalue weighted by Crippen LogP contribution is -2.47. The first-order chi connectivity index (χ1) is 9.13. The highest BCUT2D eigenvalue weighted by Gasteiger charge is 2.33. The van der Waals surface area contributed by atoms with Crippen LogP contribution in [0.4, 0.5) is 11.4 Å². The highest BCUT2D eigenvalue weighted by atomic mass is 32.2. The first-order valence-electron chi connectivity index (χ1n) is 6.50. The summed E-state index contributed by atoms with van der Waals surface area (Å²) in [5.41, 5.74) is 8.40. The summed E-state index contributed by atoms with van der Waals surface area (Å²) >= 11 is 1.83. The fourth-order valence-corrected chi connectivity index (χ4v) is 3.51. The zero-order valence-corrected chi connectivity index (χ0v) is 12.1. The second kappa shape index (κ2) is 4.58. The average molecular weight is 270 g/mol. The molecule has 0 amide bonds. The summed E-state index contributed by atoms with van der Waals surface area (Å²) in [6, 6.07) is 17.1. The molecule has 2 aromatic carbocycles. The van der Waals surface area contributed by atoms with Gasteiger partial charge in [0.2, 0.25) is 0 Å². The Bertz CT molecular complexity index is 562. The SMILES string of the molecule is CC(C)(CN)N1c2ccccc2Sc2ccccc21. The predicted octanol–water partition coefficient (Wildman–Crippen LogP) is 4.03. The van der Waals surface area contributed by atoms with Gasteiger partial charge in [-0.1, -0.05) is 36.0 Å². The van der Waals surface area contributed by atoms with Gasteiger partial charge in [0.15, 0.2) is 0 Å².